The number of aromatic nitrogens is 2. The summed E-state index contributed by atoms with van der Waals surface area (Å²) in [6.07, 6.45) is 1.84. The Morgan fingerprint density at radius 3 is 2.83 bits per heavy atom. The number of fused-ring (bicyclic) bond motifs is 1. The minimum absolute atomic E-state index is 0.481. The van der Waals surface area contributed by atoms with Gasteiger partial charge in [0.25, 0.3) is 0 Å². The first-order chi connectivity index (χ1) is 8.79. The van der Waals surface area contributed by atoms with Gasteiger partial charge in [0.2, 0.25) is 0 Å². The molecule has 0 atom stereocenters. The third kappa shape index (κ3) is 1.93. The quantitative estimate of drug-likeness (QED) is 0.634. The fraction of sp³-hybridized carbons (Fsp3) is 0.0714. The van der Waals surface area contributed by atoms with Crippen molar-refractivity contribution in [1.82, 2.24) is 9.55 Å². The second-order valence-corrected chi connectivity index (χ2v) is 5.19. The topological polar surface area (TPSA) is 17.8 Å². The lowest BCUT2D eigenvalue weighted by Gasteiger charge is -2.09. The van der Waals surface area contributed by atoms with Crippen molar-refractivity contribution < 1.29 is 0 Å². The predicted octanol–water partition coefficient (Wildman–Crippen LogP) is 4.53. The number of imidazole rings is 1. The molecule has 0 aliphatic rings. The van der Waals surface area contributed by atoms with E-state index in [0.717, 1.165) is 26.8 Å². The van der Waals surface area contributed by atoms with Gasteiger partial charge in [-0.2, -0.15) is 0 Å². The van der Waals surface area contributed by atoms with Crippen LogP contribution in [0.2, 0.25) is 0 Å². The van der Waals surface area contributed by atoms with Gasteiger partial charge in [0.05, 0.1) is 16.7 Å². The Morgan fingerprint density at radius 1 is 1.17 bits per heavy atom. The molecule has 0 radical (unpaired) electrons. The highest BCUT2D eigenvalue weighted by atomic mass is 79.9. The number of para-hydroxylation sites is 2. The molecule has 3 aromatic rings. The van der Waals surface area contributed by atoms with Crippen molar-refractivity contribution in [3.05, 3.63) is 58.8 Å². The van der Waals surface area contributed by atoms with Crippen molar-refractivity contribution in [1.29, 1.82) is 0 Å². The number of benzene rings is 2. The summed E-state index contributed by atoms with van der Waals surface area (Å²) in [6, 6.07) is 14.2. The summed E-state index contributed by atoms with van der Waals surface area (Å²) in [7, 11) is 0. The van der Waals surface area contributed by atoms with E-state index in [9.17, 15) is 0 Å². The highest BCUT2D eigenvalue weighted by molar-refractivity contribution is 9.10. The van der Waals surface area contributed by atoms with E-state index in [4.69, 9.17) is 11.6 Å². The average Bonchev–Trinajstić information content (AvgIpc) is 2.82. The lowest BCUT2D eigenvalue weighted by atomic mass is 10.2. The molecule has 0 fully saturated rings. The monoisotopic (exact) mass is 320 g/mol. The molecule has 1 heterocycles. The highest BCUT2D eigenvalue weighted by Crippen LogP contribution is 2.25. The van der Waals surface area contributed by atoms with E-state index in [1.165, 1.54) is 0 Å². The largest absolute Gasteiger partial charge is 0.298 e. The summed E-state index contributed by atoms with van der Waals surface area (Å²) < 4.78 is 3.10. The van der Waals surface area contributed by atoms with Crippen LogP contribution >= 0.6 is 27.5 Å². The maximum Gasteiger partial charge on any atom is 0.100 e. The summed E-state index contributed by atoms with van der Waals surface area (Å²) in [4.78, 5) is 4.40. The lowest BCUT2D eigenvalue weighted by molar-refractivity contribution is 1.07. The van der Waals surface area contributed by atoms with Gasteiger partial charge in [-0.1, -0.05) is 34.1 Å². The normalized spacial score (nSPS) is 11.0. The van der Waals surface area contributed by atoms with Crippen LogP contribution in [0.15, 0.2) is 53.3 Å². The third-order valence-electron chi connectivity index (χ3n) is 2.90. The number of nitrogens with zero attached hydrogens (tertiary/aromatic N) is 2. The zero-order valence-electron chi connectivity index (χ0n) is 9.48. The van der Waals surface area contributed by atoms with Gasteiger partial charge in [-0.3, -0.25) is 4.57 Å². The molecule has 0 bridgehead atoms. The minimum atomic E-state index is 0.481. The Bertz CT molecular complexity index is 706. The molecule has 3 rings (SSSR count). The van der Waals surface area contributed by atoms with Crippen LogP contribution in [-0.2, 0) is 5.88 Å². The summed E-state index contributed by atoms with van der Waals surface area (Å²) in [5.74, 6) is 0.481. The molecule has 0 aliphatic carbocycles. The number of halogens is 2. The van der Waals surface area contributed by atoms with Gasteiger partial charge in [0, 0.05) is 10.4 Å². The van der Waals surface area contributed by atoms with E-state index in [-0.39, 0.29) is 0 Å². The Hall–Kier alpha value is -1.32. The fourth-order valence-corrected chi connectivity index (χ4v) is 2.60. The molecular formula is C14H10BrClN2. The molecular weight excluding hydrogens is 312 g/mol. The van der Waals surface area contributed by atoms with E-state index >= 15 is 0 Å². The average molecular weight is 322 g/mol. The van der Waals surface area contributed by atoms with Gasteiger partial charge in [-0.05, 0) is 29.8 Å². The van der Waals surface area contributed by atoms with Crippen LogP contribution in [0.1, 0.15) is 5.56 Å². The highest BCUT2D eigenvalue weighted by Gasteiger charge is 2.08. The Labute approximate surface area is 118 Å². The van der Waals surface area contributed by atoms with Crippen molar-refractivity contribution >= 4 is 38.6 Å². The lowest BCUT2D eigenvalue weighted by Crippen LogP contribution is -1.97. The summed E-state index contributed by atoms with van der Waals surface area (Å²) in [5.41, 5.74) is 4.22. The molecule has 0 spiro atoms. The summed E-state index contributed by atoms with van der Waals surface area (Å²) in [5, 5.41) is 0. The second kappa shape index (κ2) is 4.75. The molecule has 0 N–H and O–H groups in total. The van der Waals surface area contributed by atoms with Crippen LogP contribution < -0.4 is 0 Å². The van der Waals surface area contributed by atoms with Crippen LogP contribution in [0.25, 0.3) is 16.7 Å². The van der Waals surface area contributed by atoms with E-state index in [0.29, 0.717) is 5.88 Å². The van der Waals surface area contributed by atoms with Gasteiger partial charge in [0.15, 0.2) is 0 Å². The van der Waals surface area contributed by atoms with Crippen molar-refractivity contribution in [2.75, 3.05) is 0 Å². The zero-order chi connectivity index (χ0) is 12.5. The molecule has 0 amide bonds. The molecule has 4 heteroatoms. The minimum Gasteiger partial charge on any atom is -0.298 e. The standard InChI is InChI=1S/C14H10BrClN2/c15-11-6-5-10(8-16)14(7-11)18-9-17-12-3-1-2-4-13(12)18/h1-7,9H,8H2. The van der Waals surface area contributed by atoms with E-state index in [1.807, 2.05) is 36.7 Å². The van der Waals surface area contributed by atoms with Crippen molar-refractivity contribution in [2.24, 2.45) is 0 Å². The van der Waals surface area contributed by atoms with E-state index in [1.54, 1.807) is 0 Å². The number of rotatable bonds is 2. The molecule has 0 aliphatic heterocycles. The van der Waals surface area contributed by atoms with Crippen LogP contribution in [-0.4, -0.2) is 9.55 Å². The Kier molecular flexibility index (Phi) is 3.10. The number of hydrogen-bond acceptors (Lipinski definition) is 1. The predicted molar refractivity (Wildman–Crippen MR) is 78.3 cm³/mol. The van der Waals surface area contributed by atoms with Crippen molar-refractivity contribution in [3.63, 3.8) is 0 Å². The maximum atomic E-state index is 6.00. The first kappa shape index (κ1) is 11.8. The maximum absolute atomic E-state index is 6.00. The first-order valence-corrected chi connectivity index (χ1v) is 6.89. The molecule has 2 nitrogen and oxygen atoms in total. The summed E-state index contributed by atoms with van der Waals surface area (Å²) >= 11 is 9.50. The molecule has 2 aromatic carbocycles. The zero-order valence-corrected chi connectivity index (χ0v) is 11.8. The first-order valence-electron chi connectivity index (χ1n) is 5.56. The molecule has 0 saturated heterocycles. The van der Waals surface area contributed by atoms with Gasteiger partial charge >= 0.3 is 0 Å². The van der Waals surface area contributed by atoms with Gasteiger partial charge in [-0.25, -0.2) is 4.98 Å². The molecule has 1 aromatic heterocycles. The van der Waals surface area contributed by atoms with Gasteiger partial charge in [0.1, 0.15) is 6.33 Å². The molecule has 18 heavy (non-hydrogen) atoms. The smallest absolute Gasteiger partial charge is 0.100 e. The van der Waals surface area contributed by atoms with Gasteiger partial charge in [-0.15, -0.1) is 11.6 Å². The Morgan fingerprint density at radius 2 is 2.00 bits per heavy atom. The van der Waals surface area contributed by atoms with Crippen molar-refractivity contribution in [2.45, 2.75) is 5.88 Å². The fourth-order valence-electron chi connectivity index (χ4n) is 2.03. The molecule has 0 saturated carbocycles. The summed E-state index contributed by atoms with van der Waals surface area (Å²) in [6.45, 7) is 0. The van der Waals surface area contributed by atoms with Crippen LogP contribution in [0.4, 0.5) is 0 Å². The Balaban J connectivity index is 2.29. The number of hydrogen-bond donors (Lipinski definition) is 0. The van der Waals surface area contributed by atoms with Crippen molar-refractivity contribution in [3.8, 4) is 5.69 Å². The molecule has 90 valence electrons. The number of alkyl halides is 1. The van der Waals surface area contributed by atoms with Crippen LogP contribution in [0.3, 0.4) is 0 Å². The SMILES string of the molecule is ClCc1ccc(Br)cc1-n1cnc2ccccc21. The molecule has 0 unspecified atom stereocenters. The third-order valence-corrected chi connectivity index (χ3v) is 3.69. The van der Waals surface area contributed by atoms with E-state index in [2.05, 4.69) is 37.6 Å². The van der Waals surface area contributed by atoms with Crippen LogP contribution in [0.5, 0.6) is 0 Å². The van der Waals surface area contributed by atoms with E-state index < -0.39 is 0 Å². The second-order valence-electron chi connectivity index (χ2n) is 4.01. The van der Waals surface area contributed by atoms with Gasteiger partial charge < -0.3 is 0 Å². The van der Waals surface area contributed by atoms with Crippen LogP contribution in [0, 0.1) is 0 Å².